The number of carboxylic acid groups (broad SMARTS) is 1. The maximum absolute atomic E-state index is 14.9. The standard InChI is InChI=1S/C34H37FN6O5/c1-44-14-12-41-30-17-25(27(35)15-24(30)18-36-41)21-46-33-4-2-3-28(38-33)22-7-10-39(11-8-22)20-32-37-29-6-5-23(34(42)43)16-31(29)40(32)19-26-9-13-45-26/h2-6,15-18,22,26H,7-14,19-21H2,1H3,(H,42,43). The summed E-state index contributed by atoms with van der Waals surface area (Å²) in [5.74, 6) is 0.394. The van der Waals surface area contributed by atoms with E-state index >= 15 is 0 Å². The highest BCUT2D eigenvalue weighted by Gasteiger charge is 2.26. The fourth-order valence-corrected chi connectivity index (χ4v) is 6.35. The lowest BCUT2D eigenvalue weighted by Crippen LogP contribution is -2.35. The maximum Gasteiger partial charge on any atom is 0.335 e. The molecular formula is C34H37FN6O5. The fourth-order valence-electron chi connectivity index (χ4n) is 6.35. The van der Waals surface area contributed by atoms with Gasteiger partial charge in [-0.1, -0.05) is 6.07 Å². The molecule has 0 aliphatic carbocycles. The third-order valence-corrected chi connectivity index (χ3v) is 9.06. The molecule has 11 nitrogen and oxygen atoms in total. The van der Waals surface area contributed by atoms with E-state index in [1.165, 1.54) is 6.07 Å². The molecule has 0 radical (unpaired) electrons. The van der Waals surface area contributed by atoms with E-state index in [4.69, 9.17) is 24.2 Å². The van der Waals surface area contributed by atoms with Gasteiger partial charge in [-0.25, -0.2) is 19.2 Å². The number of hydrogen-bond acceptors (Lipinski definition) is 8. The van der Waals surface area contributed by atoms with Crippen LogP contribution < -0.4 is 4.74 Å². The molecule has 2 aliphatic heterocycles. The Hall–Kier alpha value is -4.39. The third-order valence-electron chi connectivity index (χ3n) is 9.06. The maximum atomic E-state index is 14.9. The first-order chi connectivity index (χ1) is 22.4. The predicted molar refractivity (Wildman–Crippen MR) is 168 cm³/mol. The molecular weight excluding hydrogens is 591 g/mol. The number of pyridine rings is 1. The van der Waals surface area contributed by atoms with Crippen LogP contribution in [0, 0.1) is 5.82 Å². The van der Waals surface area contributed by atoms with E-state index in [1.54, 1.807) is 42.3 Å². The Balaban J connectivity index is 0.997. The second kappa shape index (κ2) is 13.1. The number of aromatic nitrogens is 5. The van der Waals surface area contributed by atoms with Crippen LogP contribution in [-0.4, -0.2) is 79.8 Å². The Kier molecular flexibility index (Phi) is 8.65. The van der Waals surface area contributed by atoms with Crippen LogP contribution in [-0.2, 0) is 35.7 Å². The molecule has 240 valence electrons. The Morgan fingerprint density at radius 3 is 2.70 bits per heavy atom. The molecule has 0 amide bonds. The van der Waals surface area contributed by atoms with E-state index in [0.29, 0.717) is 37.7 Å². The second-order valence-corrected chi connectivity index (χ2v) is 12.0. The summed E-state index contributed by atoms with van der Waals surface area (Å²) in [6.45, 7) is 5.01. The van der Waals surface area contributed by atoms with Gasteiger partial charge in [-0.15, -0.1) is 0 Å². The molecule has 46 heavy (non-hydrogen) atoms. The minimum atomic E-state index is -0.947. The monoisotopic (exact) mass is 628 g/mol. The van der Waals surface area contributed by atoms with Gasteiger partial charge >= 0.3 is 5.97 Å². The lowest BCUT2D eigenvalue weighted by molar-refractivity contribution is -0.0592. The SMILES string of the molecule is COCCn1ncc2cc(F)c(COc3cccc(C4CCN(Cc5nc6ccc(C(=O)O)cc6n5CC5CCO5)CC4)n3)cc21. The van der Waals surface area contributed by atoms with Crippen LogP contribution in [0.4, 0.5) is 4.39 Å². The van der Waals surface area contributed by atoms with Crippen LogP contribution in [0.3, 0.4) is 0 Å². The van der Waals surface area contributed by atoms with Gasteiger partial charge in [0.25, 0.3) is 0 Å². The van der Waals surface area contributed by atoms with Gasteiger partial charge < -0.3 is 23.9 Å². The molecule has 5 heterocycles. The highest BCUT2D eigenvalue weighted by molar-refractivity contribution is 5.92. The van der Waals surface area contributed by atoms with E-state index in [1.807, 2.05) is 18.2 Å². The second-order valence-electron chi connectivity index (χ2n) is 12.0. The van der Waals surface area contributed by atoms with Gasteiger partial charge in [0.1, 0.15) is 18.2 Å². The number of fused-ring (bicyclic) bond motifs is 2. The molecule has 2 aromatic carbocycles. The average molecular weight is 629 g/mol. The summed E-state index contributed by atoms with van der Waals surface area (Å²) >= 11 is 0. The molecule has 1 N–H and O–H groups in total. The van der Waals surface area contributed by atoms with Crippen molar-refractivity contribution in [2.75, 3.05) is 33.4 Å². The number of nitrogens with zero attached hydrogens (tertiary/aromatic N) is 6. The lowest BCUT2D eigenvalue weighted by atomic mass is 9.93. The predicted octanol–water partition coefficient (Wildman–Crippen LogP) is 5.01. The Morgan fingerprint density at radius 1 is 1.09 bits per heavy atom. The van der Waals surface area contributed by atoms with Gasteiger partial charge in [0.2, 0.25) is 5.88 Å². The molecule has 1 unspecified atom stereocenters. The Bertz CT molecular complexity index is 1860. The highest BCUT2D eigenvalue weighted by Crippen LogP contribution is 2.30. The molecule has 2 fully saturated rings. The minimum absolute atomic E-state index is 0.0625. The van der Waals surface area contributed by atoms with Gasteiger partial charge in [-0.2, -0.15) is 5.10 Å². The Morgan fingerprint density at radius 2 is 1.93 bits per heavy atom. The van der Waals surface area contributed by atoms with Gasteiger partial charge in [-0.3, -0.25) is 9.58 Å². The van der Waals surface area contributed by atoms with Crippen LogP contribution in [0.15, 0.2) is 54.7 Å². The summed E-state index contributed by atoms with van der Waals surface area (Å²) in [6.07, 6.45) is 4.64. The van der Waals surface area contributed by atoms with Crippen LogP contribution in [0.25, 0.3) is 21.9 Å². The number of benzene rings is 2. The van der Waals surface area contributed by atoms with E-state index < -0.39 is 5.97 Å². The van der Waals surface area contributed by atoms with Crippen molar-refractivity contribution in [3.63, 3.8) is 0 Å². The number of hydrogen-bond donors (Lipinski definition) is 1. The number of carbonyl (C=O) groups is 1. The van der Waals surface area contributed by atoms with Gasteiger partial charge in [0.05, 0.1) is 60.7 Å². The highest BCUT2D eigenvalue weighted by atomic mass is 19.1. The molecule has 7 rings (SSSR count). The van der Waals surface area contributed by atoms with Crippen LogP contribution in [0.1, 0.15) is 52.6 Å². The molecule has 3 aromatic heterocycles. The number of rotatable bonds is 12. The van der Waals surface area contributed by atoms with E-state index in [-0.39, 0.29) is 30.0 Å². The summed E-state index contributed by atoms with van der Waals surface area (Å²) in [5, 5.41) is 14.6. The first-order valence-electron chi connectivity index (χ1n) is 15.7. The normalized spacial score (nSPS) is 17.5. The van der Waals surface area contributed by atoms with E-state index in [9.17, 15) is 14.3 Å². The first-order valence-corrected chi connectivity index (χ1v) is 15.7. The summed E-state index contributed by atoms with van der Waals surface area (Å²) in [4.78, 5) is 23.7. The largest absolute Gasteiger partial charge is 0.478 e. The van der Waals surface area contributed by atoms with E-state index in [0.717, 1.165) is 72.4 Å². The number of carboxylic acids is 1. The summed E-state index contributed by atoms with van der Waals surface area (Å²) < 4.78 is 35.7. The number of piperidine rings is 1. The zero-order chi connectivity index (χ0) is 31.6. The molecule has 12 heteroatoms. The summed E-state index contributed by atoms with van der Waals surface area (Å²) in [5.41, 5.74) is 4.14. The van der Waals surface area contributed by atoms with Gasteiger partial charge in [0.15, 0.2) is 0 Å². The zero-order valence-electron chi connectivity index (χ0n) is 25.8. The molecule has 0 bridgehead atoms. The minimum Gasteiger partial charge on any atom is -0.478 e. The molecule has 5 aromatic rings. The summed E-state index contributed by atoms with van der Waals surface area (Å²) in [7, 11) is 1.64. The van der Waals surface area contributed by atoms with Crippen molar-refractivity contribution < 1.29 is 28.5 Å². The smallest absolute Gasteiger partial charge is 0.335 e. The van der Waals surface area contributed by atoms with Crippen LogP contribution in [0.5, 0.6) is 5.88 Å². The van der Waals surface area contributed by atoms with Crippen LogP contribution in [0.2, 0.25) is 0 Å². The van der Waals surface area contributed by atoms with Crippen molar-refractivity contribution in [1.29, 1.82) is 0 Å². The molecule has 0 spiro atoms. The molecule has 2 saturated heterocycles. The number of imidazole rings is 1. The lowest BCUT2D eigenvalue weighted by Gasteiger charge is -2.32. The Labute approximate surface area is 265 Å². The third kappa shape index (κ3) is 6.33. The van der Waals surface area contributed by atoms with Crippen molar-refractivity contribution in [2.24, 2.45) is 0 Å². The zero-order valence-corrected chi connectivity index (χ0v) is 25.8. The van der Waals surface area contributed by atoms with Crippen molar-refractivity contribution in [3.05, 3.63) is 83.2 Å². The number of likely N-dealkylation sites (tertiary alicyclic amines) is 1. The number of aromatic carboxylic acids is 1. The fraction of sp³-hybridized carbons (Fsp3) is 0.412. The van der Waals surface area contributed by atoms with Gasteiger partial charge in [0, 0.05) is 42.3 Å². The van der Waals surface area contributed by atoms with Crippen molar-refractivity contribution in [2.45, 2.75) is 57.5 Å². The average Bonchev–Trinajstić information content (AvgIpc) is 3.60. The quantitative estimate of drug-likeness (QED) is 0.204. The number of methoxy groups -OCH3 is 1. The van der Waals surface area contributed by atoms with Crippen molar-refractivity contribution in [1.82, 2.24) is 29.2 Å². The topological polar surface area (TPSA) is 117 Å². The number of ether oxygens (including phenoxy) is 3. The molecule has 1 atom stereocenters. The van der Waals surface area contributed by atoms with Gasteiger partial charge in [-0.05, 0) is 68.8 Å². The first kappa shape index (κ1) is 30.3. The van der Waals surface area contributed by atoms with Crippen molar-refractivity contribution in [3.8, 4) is 5.88 Å². The van der Waals surface area contributed by atoms with Crippen LogP contribution >= 0.6 is 0 Å². The van der Waals surface area contributed by atoms with Crippen molar-refractivity contribution >= 4 is 27.9 Å². The molecule has 2 aliphatic rings. The molecule has 0 saturated carbocycles. The number of halogens is 1. The summed E-state index contributed by atoms with van der Waals surface area (Å²) in [6, 6.07) is 14.2. The van der Waals surface area contributed by atoms with E-state index in [2.05, 4.69) is 14.6 Å².